The van der Waals surface area contributed by atoms with Gasteiger partial charge in [-0.3, -0.25) is 4.79 Å². The van der Waals surface area contributed by atoms with Crippen LogP contribution in [0.15, 0.2) is 18.2 Å². The molecule has 1 amide bonds. The van der Waals surface area contributed by atoms with Gasteiger partial charge in [0.15, 0.2) is 11.4 Å². The standard InChI is InChI=1S/C24H21N5O5/c1-23(2)15-5-6-24(23,19-18(15)28-16(10-25)17(11-26)29-19)22(32)27-14-8-12(20(30)33-3)7-13(9-14)21(31)34-4/h7-9,15H,5-6H2,1-4H3,(H,27,32). The summed E-state index contributed by atoms with van der Waals surface area (Å²) in [5, 5.41) is 21.7. The maximum Gasteiger partial charge on any atom is 0.337 e. The molecule has 1 N–H and O–H groups in total. The molecule has 1 aromatic carbocycles. The minimum atomic E-state index is -1.12. The molecule has 4 rings (SSSR count). The molecule has 2 aliphatic rings. The Morgan fingerprint density at radius 1 is 1.00 bits per heavy atom. The lowest BCUT2D eigenvalue weighted by Gasteiger charge is -2.36. The summed E-state index contributed by atoms with van der Waals surface area (Å²) in [4.78, 5) is 47.0. The van der Waals surface area contributed by atoms with Gasteiger partial charge in [0.1, 0.15) is 12.1 Å². The van der Waals surface area contributed by atoms with Crippen LogP contribution >= 0.6 is 0 Å². The number of nitrogens with zero attached hydrogens (tertiary/aromatic N) is 4. The second-order valence-corrected chi connectivity index (χ2v) is 8.83. The van der Waals surface area contributed by atoms with Gasteiger partial charge < -0.3 is 14.8 Å². The van der Waals surface area contributed by atoms with E-state index in [1.54, 1.807) is 0 Å². The van der Waals surface area contributed by atoms with E-state index in [1.807, 2.05) is 26.0 Å². The molecule has 1 aromatic heterocycles. The summed E-state index contributed by atoms with van der Waals surface area (Å²) in [5.41, 5.74) is -0.627. The molecule has 10 nitrogen and oxygen atoms in total. The molecule has 0 saturated heterocycles. The largest absolute Gasteiger partial charge is 0.465 e. The number of ether oxygens (including phenoxy) is 2. The predicted molar refractivity (Wildman–Crippen MR) is 117 cm³/mol. The van der Waals surface area contributed by atoms with Crippen molar-refractivity contribution in [2.75, 3.05) is 19.5 Å². The van der Waals surface area contributed by atoms with Crippen molar-refractivity contribution in [2.45, 2.75) is 38.0 Å². The topological polar surface area (TPSA) is 155 Å². The normalized spacial score (nSPS) is 21.1. The van der Waals surface area contributed by atoms with E-state index in [9.17, 15) is 24.9 Å². The Labute approximate surface area is 195 Å². The highest BCUT2D eigenvalue weighted by atomic mass is 16.5. The summed E-state index contributed by atoms with van der Waals surface area (Å²) in [7, 11) is 2.42. The fourth-order valence-electron chi connectivity index (χ4n) is 5.33. The zero-order valence-electron chi connectivity index (χ0n) is 19.1. The van der Waals surface area contributed by atoms with Crippen molar-refractivity contribution in [3.63, 3.8) is 0 Å². The van der Waals surface area contributed by atoms with Gasteiger partial charge in [-0.2, -0.15) is 10.5 Å². The SMILES string of the molecule is COC(=O)c1cc(NC(=O)C23CCC(c4nc(C#N)c(C#N)nc42)C3(C)C)cc(C(=O)OC)c1. The van der Waals surface area contributed by atoms with Crippen molar-refractivity contribution in [2.24, 2.45) is 5.41 Å². The summed E-state index contributed by atoms with van der Waals surface area (Å²) >= 11 is 0. The Bertz CT molecular complexity index is 1300. The van der Waals surface area contributed by atoms with Gasteiger partial charge in [-0.15, -0.1) is 0 Å². The van der Waals surface area contributed by atoms with Crippen molar-refractivity contribution in [3.8, 4) is 12.1 Å². The highest BCUT2D eigenvalue weighted by molar-refractivity contribution is 6.04. The summed E-state index contributed by atoms with van der Waals surface area (Å²) in [6.45, 7) is 3.88. The first kappa shape index (κ1) is 22.9. The fourth-order valence-corrected chi connectivity index (χ4v) is 5.33. The van der Waals surface area contributed by atoms with E-state index >= 15 is 0 Å². The molecule has 2 aliphatic carbocycles. The van der Waals surface area contributed by atoms with E-state index < -0.39 is 28.7 Å². The molecule has 2 atom stereocenters. The van der Waals surface area contributed by atoms with Crippen LogP contribution in [0, 0.1) is 28.1 Å². The summed E-state index contributed by atoms with van der Waals surface area (Å²) in [5.74, 6) is -1.88. The number of carbonyl (C=O) groups excluding carboxylic acids is 3. The number of nitrogens with one attached hydrogen (secondary N) is 1. The summed E-state index contributed by atoms with van der Waals surface area (Å²) in [6.07, 6.45) is 1.13. The lowest BCUT2D eigenvalue weighted by atomic mass is 9.67. The third-order valence-corrected chi connectivity index (χ3v) is 7.07. The van der Waals surface area contributed by atoms with Crippen molar-refractivity contribution < 1.29 is 23.9 Å². The van der Waals surface area contributed by atoms with Gasteiger partial charge >= 0.3 is 11.9 Å². The minimum Gasteiger partial charge on any atom is -0.465 e. The molecule has 1 fully saturated rings. The molecule has 10 heteroatoms. The highest BCUT2D eigenvalue weighted by Gasteiger charge is 2.68. The van der Waals surface area contributed by atoms with E-state index in [2.05, 4.69) is 15.3 Å². The van der Waals surface area contributed by atoms with Crippen LogP contribution in [0.1, 0.15) is 76.1 Å². The number of aromatic nitrogens is 2. The van der Waals surface area contributed by atoms with Crippen LogP contribution in [0.4, 0.5) is 5.69 Å². The molecule has 0 aliphatic heterocycles. The van der Waals surface area contributed by atoms with Gasteiger partial charge in [0, 0.05) is 11.6 Å². The Hall–Kier alpha value is -4.31. The van der Waals surface area contributed by atoms with Gasteiger partial charge in [0.05, 0.1) is 42.1 Å². The van der Waals surface area contributed by atoms with E-state index in [1.165, 1.54) is 32.4 Å². The first-order valence-corrected chi connectivity index (χ1v) is 10.5. The number of rotatable bonds is 4. The number of hydrogen-bond acceptors (Lipinski definition) is 9. The molecule has 1 heterocycles. The number of esters is 2. The average molecular weight is 459 g/mol. The number of nitriles is 2. The lowest BCUT2D eigenvalue weighted by Crippen LogP contribution is -2.47. The van der Waals surface area contributed by atoms with E-state index in [4.69, 9.17) is 9.47 Å². The Morgan fingerprint density at radius 3 is 2.09 bits per heavy atom. The molecular formula is C24H21N5O5. The monoisotopic (exact) mass is 459 g/mol. The van der Waals surface area contributed by atoms with Crippen molar-refractivity contribution in [1.82, 2.24) is 9.97 Å². The van der Waals surface area contributed by atoms with E-state index in [0.29, 0.717) is 24.2 Å². The second kappa shape index (κ2) is 7.92. The first-order chi connectivity index (χ1) is 16.1. The number of fused-ring (bicyclic) bond motifs is 5. The van der Waals surface area contributed by atoms with Gasteiger partial charge in [0.2, 0.25) is 5.91 Å². The smallest absolute Gasteiger partial charge is 0.337 e. The summed E-state index contributed by atoms with van der Waals surface area (Å²) < 4.78 is 9.52. The van der Waals surface area contributed by atoms with E-state index in [0.717, 1.165) is 0 Å². The minimum absolute atomic E-state index is 0.0614. The zero-order chi connectivity index (χ0) is 24.8. The predicted octanol–water partition coefficient (Wildman–Crippen LogP) is 2.59. The molecular weight excluding hydrogens is 438 g/mol. The molecule has 2 bridgehead atoms. The third-order valence-electron chi connectivity index (χ3n) is 7.07. The number of anilines is 1. The van der Waals surface area contributed by atoms with Crippen LogP contribution in [-0.2, 0) is 19.7 Å². The number of carbonyl (C=O) groups is 3. The Kier molecular flexibility index (Phi) is 5.33. The molecule has 1 saturated carbocycles. The average Bonchev–Trinajstić information content (AvgIpc) is 3.22. The number of benzene rings is 1. The van der Waals surface area contributed by atoms with Gasteiger partial charge in [0.25, 0.3) is 0 Å². The molecule has 2 unspecified atom stereocenters. The van der Waals surface area contributed by atoms with Gasteiger partial charge in [-0.05, 0) is 36.5 Å². The fraction of sp³-hybridized carbons (Fsp3) is 0.375. The number of methoxy groups -OCH3 is 2. The molecule has 0 radical (unpaired) electrons. The van der Waals surface area contributed by atoms with Crippen molar-refractivity contribution in [1.29, 1.82) is 10.5 Å². The molecule has 2 aromatic rings. The van der Waals surface area contributed by atoms with E-state index in [-0.39, 0.29) is 34.1 Å². The van der Waals surface area contributed by atoms with Crippen molar-refractivity contribution >= 4 is 23.5 Å². The molecule has 172 valence electrons. The maximum atomic E-state index is 13.9. The zero-order valence-corrected chi connectivity index (χ0v) is 19.1. The van der Waals surface area contributed by atoms with Crippen molar-refractivity contribution in [3.05, 3.63) is 52.1 Å². The van der Waals surface area contributed by atoms with Crippen LogP contribution in [0.3, 0.4) is 0 Å². The quantitative estimate of drug-likeness (QED) is 0.679. The molecule has 34 heavy (non-hydrogen) atoms. The van der Waals surface area contributed by atoms with Gasteiger partial charge in [-0.1, -0.05) is 13.8 Å². The van der Waals surface area contributed by atoms with Crippen LogP contribution in [-0.4, -0.2) is 42.0 Å². The van der Waals surface area contributed by atoms with Crippen LogP contribution in [0.25, 0.3) is 0 Å². The van der Waals surface area contributed by atoms with Crippen LogP contribution < -0.4 is 5.32 Å². The number of hydrogen-bond donors (Lipinski definition) is 1. The molecule has 0 spiro atoms. The summed E-state index contributed by atoms with van der Waals surface area (Å²) in [6, 6.07) is 7.94. The van der Waals surface area contributed by atoms with Crippen LogP contribution in [0.2, 0.25) is 0 Å². The number of amides is 1. The van der Waals surface area contributed by atoms with Crippen LogP contribution in [0.5, 0.6) is 0 Å². The van der Waals surface area contributed by atoms with Gasteiger partial charge in [-0.25, -0.2) is 19.6 Å². The maximum absolute atomic E-state index is 13.9. The lowest BCUT2D eigenvalue weighted by molar-refractivity contribution is -0.124. The second-order valence-electron chi connectivity index (χ2n) is 8.83. The third kappa shape index (κ3) is 3.03. The Morgan fingerprint density at radius 2 is 1.56 bits per heavy atom. The first-order valence-electron chi connectivity index (χ1n) is 10.5. The highest BCUT2D eigenvalue weighted by Crippen LogP contribution is 2.67. The Balaban J connectivity index is 1.82.